The van der Waals surface area contributed by atoms with Crippen molar-refractivity contribution in [2.24, 2.45) is 5.92 Å². The highest BCUT2D eigenvalue weighted by Crippen LogP contribution is 2.22. The van der Waals surface area contributed by atoms with Crippen LogP contribution in [0.5, 0.6) is 0 Å². The molecule has 0 aromatic heterocycles. The van der Waals surface area contributed by atoms with Crippen molar-refractivity contribution in [1.82, 2.24) is 9.21 Å². The van der Waals surface area contributed by atoms with Crippen molar-refractivity contribution in [2.75, 3.05) is 26.7 Å². The van der Waals surface area contributed by atoms with Crippen LogP contribution in [0.15, 0.2) is 29.2 Å². The van der Waals surface area contributed by atoms with E-state index in [1.807, 2.05) is 13.8 Å². The first-order valence-electron chi connectivity index (χ1n) is 7.68. The summed E-state index contributed by atoms with van der Waals surface area (Å²) in [5.74, 6) is 0.220. The number of nitrogens with zero attached hydrogens (tertiary/aromatic N) is 2. The van der Waals surface area contributed by atoms with E-state index in [2.05, 4.69) is 0 Å². The van der Waals surface area contributed by atoms with Crippen molar-refractivity contribution in [2.45, 2.75) is 31.6 Å². The Labute approximate surface area is 133 Å². The number of hydrogen-bond acceptors (Lipinski definition) is 3. The molecule has 0 atom stereocenters. The number of amides is 1. The first kappa shape index (κ1) is 17.0. The Morgan fingerprint density at radius 1 is 1.27 bits per heavy atom. The Balaban J connectivity index is 2.25. The number of rotatable bonds is 5. The number of carbonyl (C=O) groups is 1. The van der Waals surface area contributed by atoms with Crippen molar-refractivity contribution in [3.63, 3.8) is 0 Å². The third kappa shape index (κ3) is 3.67. The molecule has 0 bridgehead atoms. The molecule has 6 heteroatoms. The predicted octanol–water partition coefficient (Wildman–Crippen LogP) is 2.20. The summed E-state index contributed by atoms with van der Waals surface area (Å²) in [5, 5.41) is 0. The lowest BCUT2D eigenvalue weighted by Gasteiger charge is -2.20. The maximum Gasteiger partial charge on any atom is 0.253 e. The maximum absolute atomic E-state index is 12.6. The number of sulfonamides is 1. The van der Waals surface area contributed by atoms with E-state index in [9.17, 15) is 13.2 Å². The standard InChI is InChI=1S/C16H24N2O3S/c1-13(2)12-17(3)16(19)14-7-6-8-15(11-14)22(20,21)18-9-4-5-10-18/h6-8,11,13H,4-5,9-10,12H2,1-3H3. The molecular weight excluding hydrogens is 300 g/mol. The van der Waals surface area contributed by atoms with E-state index in [1.165, 1.54) is 10.4 Å². The maximum atomic E-state index is 12.6. The summed E-state index contributed by atoms with van der Waals surface area (Å²) in [4.78, 5) is 14.2. The van der Waals surface area contributed by atoms with Crippen LogP contribution < -0.4 is 0 Å². The number of hydrogen-bond donors (Lipinski definition) is 0. The van der Waals surface area contributed by atoms with Crippen LogP contribution in [0.4, 0.5) is 0 Å². The largest absolute Gasteiger partial charge is 0.341 e. The molecular formula is C16H24N2O3S. The van der Waals surface area contributed by atoms with Crippen molar-refractivity contribution in [3.8, 4) is 0 Å². The first-order valence-corrected chi connectivity index (χ1v) is 9.12. The second-order valence-corrected chi connectivity index (χ2v) is 8.16. The molecule has 0 radical (unpaired) electrons. The Bertz CT molecular complexity index is 635. The molecule has 22 heavy (non-hydrogen) atoms. The van der Waals surface area contributed by atoms with E-state index in [4.69, 9.17) is 0 Å². The summed E-state index contributed by atoms with van der Waals surface area (Å²) in [5.41, 5.74) is 0.420. The van der Waals surface area contributed by atoms with Crippen molar-refractivity contribution < 1.29 is 13.2 Å². The van der Waals surface area contributed by atoms with Gasteiger partial charge >= 0.3 is 0 Å². The lowest BCUT2D eigenvalue weighted by atomic mass is 10.1. The van der Waals surface area contributed by atoms with E-state index < -0.39 is 10.0 Å². The topological polar surface area (TPSA) is 57.7 Å². The van der Waals surface area contributed by atoms with Crippen LogP contribution in [0.25, 0.3) is 0 Å². The van der Waals surface area contributed by atoms with Gasteiger partial charge in [0.05, 0.1) is 4.90 Å². The monoisotopic (exact) mass is 324 g/mol. The molecule has 0 unspecified atom stereocenters. The van der Waals surface area contributed by atoms with E-state index >= 15 is 0 Å². The quantitative estimate of drug-likeness (QED) is 0.834. The van der Waals surface area contributed by atoms with Gasteiger partial charge in [-0.2, -0.15) is 4.31 Å². The minimum absolute atomic E-state index is 0.146. The SMILES string of the molecule is CC(C)CN(C)C(=O)c1cccc(S(=O)(=O)N2CCCC2)c1. The van der Waals surface area contributed by atoms with Crippen LogP contribution >= 0.6 is 0 Å². The molecule has 0 saturated carbocycles. The molecule has 1 aromatic rings. The van der Waals surface area contributed by atoms with Crippen molar-refractivity contribution in [1.29, 1.82) is 0 Å². The molecule has 1 aliphatic heterocycles. The van der Waals surface area contributed by atoms with Gasteiger partial charge in [0.15, 0.2) is 0 Å². The van der Waals surface area contributed by atoms with Crippen LogP contribution in [0.1, 0.15) is 37.0 Å². The van der Waals surface area contributed by atoms with Gasteiger partial charge in [0.25, 0.3) is 5.91 Å². The molecule has 0 spiro atoms. The van der Waals surface area contributed by atoms with Gasteiger partial charge in [-0.3, -0.25) is 4.79 Å². The highest BCUT2D eigenvalue weighted by Gasteiger charge is 2.27. The molecule has 5 nitrogen and oxygen atoms in total. The minimum Gasteiger partial charge on any atom is -0.341 e. The number of benzene rings is 1. The van der Waals surface area contributed by atoms with Gasteiger partial charge in [0, 0.05) is 32.2 Å². The molecule has 1 heterocycles. The van der Waals surface area contributed by atoms with Gasteiger partial charge in [-0.1, -0.05) is 19.9 Å². The third-order valence-electron chi connectivity index (χ3n) is 3.77. The fraction of sp³-hybridized carbons (Fsp3) is 0.562. The first-order chi connectivity index (χ1) is 10.3. The molecule has 1 aromatic carbocycles. The van der Waals surface area contributed by atoms with Crippen LogP contribution in [0, 0.1) is 5.92 Å². The molecule has 122 valence electrons. The molecule has 0 N–H and O–H groups in total. The molecule has 1 saturated heterocycles. The fourth-order valence-corrected chi connectivity index (χ4v) is 4.28. The lowest BCUT2D eigenvalue weighted by Crippen LogP contribution is -2.31. The zero-order valence-electron chi connectivity index (χ0n) is 13.4. The summed E-state index contributed by atoms with van der Waals surface area (Å²) in [6, 6.07) is 6.36. The average molecular weight is 324 g/mol. The molecule has 2 rings (SSSR count). The summed E-state index contributed by atoms with van der Waals surface area (Å²) >= 11 is 0. The molecule has 0 aliphatic carbocycles. The zero-order valence-corrected chi connectivity index (χ0v) is 14.3. The summed E-state index contributed by atoms with van der Waals surface area (Å²) in [7, 11) is -1.74. The second-order valence-electron chi connectivity index (χ2n) is 6.22. The third-order valence-corrected chi connectivity index (χ3v) is 5.66. The van der Waals surface area contributed by atoms with E-state index in [0.29, 0.717) is 31.1 Å². The molecule has 1 aliphatic rings. The molecule has 1 fully saturated rings. The van der Waals surface area contributed by atoms with Gasteiger partial charge in [0.2, 0.25) is 10.0 Å². The summed E-state index contributed by atoms with van der Waals surface area (Å²) < 4.78 is 26.6. The summed E-state index contributed by atoms with van der Waals surface area (Å²) in [6.07, 6.45) is 1.80. The zero-order chi connectivity index (χ0) is 16.3. The normalized spacial score (nSPS) is 16.2. The Hall–Kier alpha value is -1.40. The Kier molecular flexibility index (Phi) is 5.24. The van der Waals surface area contributed by atoms with Gasteiger partial charge in [-0.05, 0) is 37.0 Å². The Morgan fingerprint density at radius 3 is 2.50 bits per heavy atom. The van der Waals surface area contributed by atoms with Gasteiger partial charge in [-0.15, -0.1) is 0 Å². The average Bonchev–Trinajstić information content (AvgIpc) is 3.00. The van der Waals surface area contributed by atoms with Crippen LogP contribution in [-0.4, -0.2) is 50.2 Å². The van der Waals surface area contributed by atoms with E-state index in [0.717, 1.165) is 12.8 Å². The van der Waals surface area contributed by atoms with E-state index in [-0.39, 0.29) is 10.8 Å². The van der Waals surface area contributed by atoms with Crippen LogP contribution in [0.2, 0.25) is 0 Å². The van der Waals surface area contributed by atoms with Crippen molar-refractivity contribution >= 4 is 15.9 Å². The van der Waals surface area contributed by atoms with Crippen molar-refractivity contribution in [3.05, 3.63) is 29.8 Å². The van der Waals surface area contributed by atoms with Gasteiger partial charge < -0.3 is 4.90 Å². The number of carbonyl (C=O) groups excluding carboxylic acids is 1. The second kappa shape index (κ2) is 6.79. The Morgan fingerprint density at radius 2 is 1.91 bits per heavy atom. The highest BCUT2D eigenvalue weighted by molar-refractivity contribution is 7.89. The molecule has 1 amide bonds. The van der Waals surface area contributed by atoms with Crippen LogP contribution in [0.3, 0.4) is 0 Å². The van der Waals surface area contributed by atoms with E-state index in [1.54, 1.807) is 30.1 Å². The van der Waals surface area contributed by atoms with Gasteiger partial charge in [0.1, 0.15) is 0 Å². The van der Waals surface area contributed by atoms with Gasteiger partial charge in [-0.25, -0.2) is 8.42 Å². The predicted molar refractivity (Wildman–Crippen MR) is 86.2 cm³/mol. The van der Waals surface area contributed by atoms with Crippen LogP contribution in [-0.2, 0) is 10.0 Å². The highest BCUT2D eigenvalue weighted by atomic mass is 32.2. The fourth-order valence-electron chi connectivity index (χ4n) is 2.72. The lowest BCUT2D eigenvalue weighted by molar-refractivity contribution is 0.0779. The summed E-state index contributed by atoms with van der Waals surface area (Å²) in [6.45, 7) is 5.85. The minimum atomic E-state index is -3.48. The smallest absolute Gasteiger partial charge is 0.253 e.